The van der Waals surface area contributed by atoms with Crippen molar-refractivity contribution in [2.24, 2.45) is 0 Å². The number of aromatic hydroxyl groups is 1. The molecular weight excluding hydrogens is 254 g/mol. The molecule has 84 valence electrons. The minimum atomic E-state index is 0.303. The Morgan fingerprint density at radius 3 is 2.60 bits per heavy atom. The lowest BCUT2D eigenvalue weighted by molar-refractivity contribution is 0.280. The molecule has 0 saturated heterocycles. The Morgan fingerprint density at radius 2 is 2.07 bits per heavy atom. The first-order valence-electron chi connectivity index (χ1n) is 5.37. The lowest BCUT2D eigenvalue weighted by atomic mass is 10.2. The summed E-state index contributed by atoms with van der Waals surface area (Å²) in [5.41, 5.74) is 1.23. The lowest BCUT2D eigenvalue weighted by Gasteiger charge is -2.19. The summed E-state index contributed by atoms with van der Waals surface area (Å²) in [6, 6.07) is 5.69. The van der Waals surface area contributed by atoms with E-state index < -0.39 is 0 Å². The third-order valence-electron chi connectivity index (χ3n) is 2.41. The van der Waals surface area contributed by atoms with E-state index in [1.54, 1.807) is 6.07 Å². The zero-order valence-corrected chi connectivity index (χ0v) is 10.9. The molecule has 0 amide bonds. The molecule has 0 atom stereocenters. The third kappa shape index (κ3) is 3.84. The fourth-order valence-electron chi connectivity index (χ4n) is 1.57. The molecule has 0 aliphatic carbocycles. The summed E-state index contributed by atoms with van der Waals surface area (Å²) in [4.78, 5) is 2.39. The van der Waals surface area contributed by atoms with E-state index in [1.165, 1.54) is 12.0 Å². The minimum Gasteiger partial charge on any atom is -0.507 e. The van der Waals surface area contributed by atoms with E-state index in [9.17, 15) is 5.11 Å². The van der Waals surface area contributed by atoms with E-state index >= 15 is 0 Å². The quantitative estimate of drug-likeness (QED) is 0.888. The normalized spacial score (nSPS) is 10.9. The molecule has 0 heterocycles. The van der Waals surface area contributed by atoms with Crippen molar-refractivity contribution in [2.75, 3.05) is 13.1 Å². The average Bonchev–Trinajstić information content (AvgIpc) is 2.23. The minimum absolute atomic E-state index is 0.303. The zero-order valence-electron chi connectivity index (χ0n) is 9.33. The molecule has 0 radical (unpaired) electrons. The molecule has 0 aliphatic heterocycles. The Kier molecular flexibility index (Phi) is 5.12. The van der Waals surface area contributed by atoms with Gasteiger partial charge in [0.05, 0.1) is 4.47 Å². The Balaban J connectivity index is 2.66. The number of halogens is 1. The molecule has 0 aliphatic rings. The van der Waals surface area contributed by atoms with Crippen LogP contribution in [0.15, 0.2) is 22.7 Å². The van der Waals surface area contributed by atoms with Gasteiger partial charge in [0.15, 0.2) is 0 Å². The highest BCUT2D eigenvalue weighted by molar-refractivity contribution is 9.10. The van der Waals surface area contributed by atoms with Crippen molar-refractivity contribution in [1.82, 2.24) is 4.90 Å². The maximum Gasteiger partial charge on any atom is 0.129 e. The summed E-state index contributed by atoms with van der Waals surface area (Å²) in [7, 11) is 0. The highest BCUT2D eigenvalue weighted by Gasteiger charge is 2.04. The van der Waals surface area contributed by atoms with E-state index in [-0.39, 0.29) is 0 Å². The van der Waals surface area contributed by atoms with E-state index in [0.29, 0.717) is 5.75 Å². The zero-order chi connectivity index (χ0) is 11.3. The van der Waals surface area contributed by atoms with Crippen LogP contribution in [0.4, 0.5) is 0 Å². The SMILES string of the molecule is CCCN(CC)Cc1ccc(O)c(Br)c1. The molecule has 2 nitrogen and oxygen atoms in total. The lowest BCUT2D eigenvalue weighted by Crippen LogP contribution is -2.23. The second kappa shape index (κ2) is 6.13. The van der Waals surface area contributed by atoms with Gasteiger partial charge in [0, 0.05) is 6.54 Å². The molecule has 0 aromatic heterocycles. The van der Waals surface area contributed by atoms with E-state index in [2.05, 4.69) is 34.7 Å². The van der Waals surface area contributed by atoms with Crippen molar-refractivity contribution >= 4 is 15.9 Å². The van der Waals surface area contributed by atoms with Crippen LogP contribution < -0.4 is 0 Å². The van der Waals surface area contributed by atoms with Crippen molar-refractivity contribution in [3.8, 4) is 5.75 Å². The fraction of sp³-hybridized carbons (Fsp3) is 0.500. The van der Waals surface area contributed by atoms with Gasteiger partial charge in [0.25, 0.3) is 0 Å². The van der Waals surface area contributed by atoms with Crippen LogP contribution >= 0.6 is 15.9 Å². The first kappa shape index (κ1) is 12.5. The summed E-state index contributed by atoms with van der Waals surface area (Å²) in [6.45, 7) is 7.49. The summed E-state index contributed by atoms with van der Waals surface area (Å²) in [5.74, 6) is 0.303. The van der Waals surface area contributed by atoms with E-state index in [1.807, 2.05) is 12.1 Å². The van der Waals surface area contributed by atoms with E-state index in [0.717, 1.165) is 24.1 Å². The number of hydrogen-bond acceptors (Lipinski definition) is 2. The number of phenols is 1. The molecule has 0 spiro atoms. The molecule has 0 bridgehead atoms. The largest absolute Gasteiger partial charge is 0.507 e. The van der Waals surface area contributed by atoms with Crippen molar-refractivity contribution in [3.05, 3.63) is 28.2 Å². The van der Waals surface area contributed by atoms with Gasteiger partial charge in [-0.05, 0) is 53.1 Å². The van der Waals surface area contributed by atoms with E-state index in [4.69, 9.17) is 0 Å². The van der Waals surface area contributed by atoms with Gasteiger partial charge in [-0.1, -0.05) is 19.9 Å². The van der Waals surface area contributed by atoms with Gasteiger partial charge in [-0.15, -0.1) is 0 Å². The Hall–Kier alpha value is -0.540. The van der Waals surface area contributed by atoms with Crippen LogP contribution in [0.5, 0.6) is 5.75 Å². The molecule has 0 saturated carbocycles. The molecular formula is C12H18BrNO. The van der Waals surface area contributed by atoms with Gasteiger partial charge in [-0.25, -0.2) is 0 Å². The third-order valence-corrected chi connectivity index (χ3v) is 3.04. The van der Waals surface area contributed by atoms with Crippen LogP contribution in [-0.4, -0.2) is 23.1 Å². The van der Waals surface area contributed by atoms with Crippen LogP contribution in [0.25, 0.3) is 0 Å². The van der Waals surface area contributed by atoms with Crippen molar-refractivity contribution in [2.45, 2.75) is 26.8 Å². The monoisotopic (exact) mass is 271 g/mol. The van der Waals surface area contributed by atoms with Gasteiger partial charge in [-0.3, -0.25) is 4.90 Å². The van der Waals surface area contributed by atoms with Gasteiger partial charge in [0.2, 0.25) is 0 Å². The molecule has 1 rings (SSSR count). The van der Waals surface area contributed by atoms with Crippen LogP contribution in [0, 0.1) is 0 Å². The van der Waals surface area contributed by atoms with Crippen LogP contribution in [-0.2, 0) is 6.54 Å². The van der Waals surface area contributed by atoms with Crippen LogP contribution in [0.1, 0.15) is 25.8 Å². The molecule has 0 fully saturated rings. The van der Waals surface area contributed by atoms with Crippen molar-refractivity contribution in [1.29, 1.82) is 0 Å². The van der Waals surface area contributed by atoms with Crippen molar-refractivity contribution in [3.63, 3.8) is 0 Å². The average molecular weight is 272 g/mol. The van der Waals surface area contributed by atoms with Gasteiger partial charge < -0.3 is 5.11 Å². The molecule has 0 unspecified atom stereocenters. The smallest absolute Gasteiger partial charge is 0.129 e. The van der Waals surface area contributed by atoms with Gasteiger partial charge >= 0.3 is 0 Å². The standard InChI is InChI=1S/C12H18BrNO/c1-3-7-14(4-2)9-10-5-6-12(15)11(13)8-10/h5-6,8,15H,3-4,7,9H2,1-2H3. The predicted molar refractivity (Wildman–Crippen MR) is 67.0 cm³/mol. The molecule has 1 N–H and O–H groups in total. The highest BCUT2D eigenvalue weighted by Crippen LogP contribution is 2.24. The summed E-state index contributed by atoms with van der Waals surface area (Å²) >= 11 is 3.33. The second-order valence-electron chi connectivity index (χ2n) is 3.65. The first-order valence-corrected chi connectivity index (χ1v) is 6.16. The molecule has 15 heavy (non-hydrogen) atoms. The number of rotatable bonds is 5. The predicted octanol–water partition coefficient (Wildman–Crippen LogP) is 3.39. The number of phenolic OH excluding ortho intramolecular Hbond substituents is 1. The summed E-state index contributed by atoms with van der Waals surface area (Å²) < 4.78 is 0.771. The molecule has 1 aromatic carbocycles. The maximum absolute atomic E-state index is 9.38. The number of benzene rings is 1. The number of nitrogens with zero attached hydrogens (tertiary/aromatic N) is 1. The Bertz CT molecular complexity index is 314. The Labute approximate surface area is 100 Å². The van der Waals surface area contributed by atoms with Crippen LogP contribution in [0.3, 0.4) is 0 Å². The fourth-order valence-corrected chi connectivity index (χ4v) is 2.00. The maximum atomic E-state index is 9.38. The second-order valence-corrected chi connectivity index (χ2v) is 4.51. The summed E-state index contributed by atoms with van der Waals surface area (Å²) in [6.07, 6.45) is 1.17. The molecule has 1 aromatic rings. The van der Waals surface area contributed by atoms with Crippen LogP contribution in [0.2, 0.25) is 0 Å². The first-order chi connectivity index (χ1) is 7.17. The Morgan fingerprint density at radius 1 is 1.33 bits per heavy atom. The van der Waals surface area contributed by atoms with Gasteiger partial charge in [0.1, 0.15) is 5.75 Å². The topological polar surface area (TPSA) is 23.5 Å². The highest BCUT2D eigenvalue weighted by atomic mass is 79.9. The summed E-state index contributed by atoms with van der Waals surface area (Å²) in [5, 5.41) is 9.38. The van der Waals surface area contributed by atoms with Crippen molar-refractivity contribution < 1.29 is 5.11 Å². The number of hydrogen-bond donors (Lipinski definition) is 1. The van der Waals surface area contributed by atoms with Gasteiger partial charge in [-0.2, -0.15) is 0 Å². The molecule has 3 heteroatoms.